The van der Waals surface area contributed by atoms with Crippen LogP contribution in [0.25, 0.3) is 0 Å². The summed E-state index contributed by atoms with van der Waals surface area (Å²) in [4.78, 5) is 11.5. The zero-order chi connectivity index (χ0) is 11.6. The second-order valence-electron chi connectivity index (χ2n) is 3.82. The van der Waals surface area contributed by atoms with Gasteiger partial charge in [0.25, 0.3) is 0 Å². The summed E-state index contributed by atoms with van der Waals surface area (Å²) in [7, 11) is 1.31. The molecule has 1 aromatic rings. The van der Waals surface area contributed by atoms with E-state index in [0.29, 0.717) is 5.56 Å². The van der Waals surface area contributed by atoms with Crippen LogP contribution in [-0.2, 0) is 14.9 Å². The number of carbonyl (C=O) groups is 1. The monoisotopic (exact) mass is 210 g/mol. The topological polar surface area (TPSA) is 66.8 Å². The van der Waals surface area contributed by atoms with E-state index in [0.717, 1.165) is 0 Å². The maximum atomic E-state index is 11.5. The first kappa shape index (κ1) is 11.4. The molecule has 0 heterocycles. The number of carbonyl (C=O) groups excluding carboxylic acids is 1. The van der Waals surface area contributed by atoms with Crippen LogP contribution in [0.5, 0.6) is 11.5 Å². The van der Waals surface area contributed by atoms with Crippen LogP contribution in [0, 0.1) is 0 Å². The number of methoxy groups -OCH3 is 1. The van der Waals surface area contributed by atoms with Crippen LogP contribution in [0.3, 0.4) is 0 Å². The quantitative estimate of drug-likeness (QED) is 0.574. The Bertz CT molecular complexity index is 382. The lowest BCUT2D eigenvalue weighted by molar-refractivity contribution is -0.146. The molecule has 0 bridgehead atoms. The van der Waals surface area contributed by atoms with Gasteiger partial charge in [-0.2, -0.15) is 0 Å². The Morgan fingerprint density at radius 2 is 1.87 bits per heavy atom. The molecule has 4 nitrogen and oxygen atoms in total. The van der Waals surface area contributed by atoms with Crippen LogP contribution in [0.4, 0.5) is 0 Å². The van der Waals surface area contributed by atoms with Crippen molar-refractivity contribution in [2.75, 3.05) is 7.11 Å². The van der Waals surface area contributed by atoms with Gasteiger partial charge in [0.05, 0.1) is 12.5 Å². The molecule has 0 radical (unpaired) electrons. The van der Waals surface area contributed by atoms with Gasteiger partial charge in [-0.25, -0.2) is 0 Å². The first-order valence-electron chi connectivity index (χ1n) is 4.50. The van der Waals surface area contributed by atoms with Gasteiger partial charge in [-0.15, -0.1) is 0 Å². The summed E-state index contributed by atoms with van der Waals surface area (Å²) >= 11 is 0. The van der Waals surface area contributed by atoms with Crippen molar-refractivity contribution < 1.29 is 19.7 Å². The van der Waals surface area contributed by atoms with E-state index in [1.165, 1.54) is 19.2 Å². The Labute approximate surface area is 88.1 Å². The highest BCUT2D eigenvalue weighted by Crippen LogP contribution is 2.32. The minimum absolute atomic E-state index is 0.209. The number of phenols is 2. The molecule has 0 saturated heterocycles. The van der Waals surface area contributed by atoms with Crippen LogP contribution in [-0.4, -0.2) is 23.3 Å². The van der Waals surface area contributed by atoms with Gasteiger partial charge in [0, 0.05) is 0 Å². The molecule has 0 aliphatic heterocycles. The summed E-state index contributed by atoms with van der Waals surface area (Å²) in [5.41, 5.74) is -0.260. The minimum Gasteiger partial charge on any atom is -0.504 e. The van der Waals surface area contributed by atoms with E-state index in [2.05, 4.69) is 4.74 Å². The number of hydrogen-bond acceptors (Lipinski definition) is 4. The smallest absolute Gasteiger partial charge is 0.315 e. The lowest BCUT2D eigenvalue weighted by atomic mass is 9.84. The maximum Gasteiger partial charge on any atom is 0.315 e. The molecule has 0 spiro atoms. The normalized spacial score (nSPS) is 11.1. The molecular formula is C11H14O4. The van der Waals surface area contributed by atoms with Gasteiger partial charge < -0.3 is 14.9 Å². The molecule has 0 fully saturated rings. The van der Waals surface area contributed by atoms with E-state index in [1.54, 1.807) is 19.9 Å². The largest absolute Gasteiger partial charge is 0.504 e. The average molecular weight is 210 g/mol. The van der Waals surface area contributed by atoms with Crippen molar-refractivity contribution in [1.29, 1.82) is 0 Å². The summed E-state index contributed by atoms with van der Waals surface area (Å²) in [6.07, 6.45) is 0. The van der Waals surface area contributed by atoms with Crippen LogP contribution in [0.1, 0.15) is 19.4 Å². The van der Waals surface area contributed by atoms with Gasteiger partial charge in [0.1, 0.15) is 0 Å². The van der Waals surface area contributed by atoms with Gasteiger partial charge in [-0.05, 0) is 31.5 Å². The fraction of sp³-hybridized carbons (Fsp3) is 0.364. The van der Waals surface area contributed by atoms with Crippen molar-refractivity contribution in [3.05, 3.63) is 23.8 Å². The number of phenolic OH excluding ortho intramolecular Hbond substituents is 2. The van der Waals surface area contributed by atoms with Crippen molar-refractivity contribution in [2.45, 2.75) is 19.3 Å². The fourth-order valence-corrected chi connectivity index (χ4v) is 1.29. The molecule has 1 rings (SSSR count). The molecule has 82 valence electrons. The third-order valence-corrected chi connectivity index (χ3v) is 2.39. The highest BCUT2D eigenvalue weighted by Gasteiger charge is 2.31. The summed E-state index contributed by atoms with van der Waals surface area (Å²) in [6, 6.07) is 4.27. The summed E-state index contributed by atoms with van der Waals surface area (Å²) < 4.78 is 4.66. The maximum absolute atomic E-state index is 11.5. The number of hydrogen-bond donors (Lipinski definition) is 2. The Morgan fingerprint density at radius 1 is 1.27 bits per heavy atom. The zero-order valence-corrected chi connectivity index (χ0v) is 8.94. The Kier molecular flexibility index (Phi) is 2.88. The number of rotatable bonds is 2. The molecule has 0 amide bonds. The van der Waals surface area contributed by atoms with Crippen molar-refractivity contribution in [3.8, 4) is 11.5 Å². The van der Waals surface area contributed by atoms with Gasteiger partial charge in [0.15, 0.2) is 11.5 Å². The van der Waals surface area contributed by atoms with Crippen molar-refractivity contribution in [2.24, 2.45) is 0 Å². The SMILES string of the molecule is COC(=O)C(C)(C)c1ccc(O)c(O)c1. The lowest BCUT2D eigenvalue weighted by Crippen LogP contribution is -2.30. The van der Waals surface area contributed by atoms with Crippen LogP contribution >= 0.6 is 0 Å². The molecule has 0 aliphatic carbocycles. The molecule has 2 N–H and O–H groups in total. The molecule has 0 aliphatic rings. The Morgan fingerprint density at radius 3 is 2.33 bits per heavy atom. The molecular weight excluding hydrogens is 196 g/mol. The first-order chi connectivity index (χ1) is 6.89. The predicted molar refractivity (Wildman–Crippen MR) is 54.8 cm³/mol. The van der Waals surface area contributed by atoms with E-state index in [9.17, 15) is 9.90 Å². The van der Waals surface area contributed by atoms with Crippen molar-refractivity contribution in [1.82, 2.24) is 0 Å². The molecule has 15 heavy (non-hydrogen) atoms. The van der Waals surface area contributed by atoms with Crippen molar-refractivity contribution >= 4 is 5.97 Å². The second kappa shape index (κ2) is 3.81. The molecule has 0 saturated carbocycles. The standard InChI is InChI=1S/C11H14O4/c1-11(2,10(14)15-3)7-4-5-8(12)9(13)6-7/h4-6,12-13H,1-3H3. The Balaban J connectivity index is 3.16. The van der Waals surface area contributed by atoms with E-state index in [4.69, 9.17) is 5.11 Å². The van der Waals surface area contributed by atoms with Crippen LogP contribution in [0.15, 0.2) is 18.2 Å². The summed E-state index contributed by atoms with van der Waals surface area (Å²) in [6.45, 7) is 3.37. The lowest BCUT2D eigenvalue weighted by Gasteiger charge is -2.22. The zero-order valence-electron chi connectivity index (χ0n) is 8.94. The van der Waals surface area contributed by atoms with Crippen molar-refractivity contribution in [3.63, 3.8) is 0 Å². The minimum atomic E-state index is -0.847. The second-order valence-corrected chi connectivity index (χ2v) is 3.82. The summed E-state index contributed by atoms with van der Waals surface area (Å²) in [5, 5.41) is 18.5. The highest BCUT2D eigenvalue weighted by molar-refractivity contribution is 5.82. The van der Waals surface area contributed by atoms with Gasteiger partial charge in [-0.3, -0.25) is 4.79 Å². The molecule has 1 aromatic carbocycles. The molecule has 0 aromatic heterocycles. The average Bonchev–Trinajstić information content (AvgIpc) is 2.20. The number of aromatic hydroxyl groups is 2. The molecule has 0 atom stereocenters. The van der Waals surface area contributed by atoms with E-state index in [-0.39, 0.29) is 11.5 Å². The van der Waals surface area contributed by atoms with Gasteiger partial charge in [0.2, 0.25) is 0 Å². The third kappa shape index (κ3) is 2.03. The van der Waals surface area contributed by atoms with E-state index in [1.807, 2.05) is 0 Å². The third-order valence-electron chi connectivity index (χ3n) is 2.39. The van der Waals surface area contributed by atoms with Crippen LogP contribution in [0.2, 0.25) is 0 Å². The first-order valence-corrected chi connectivity index (χ1v) is 4.50. The van der Waals surface area contributed by atoms with Crippen LogP contribution < -0.4 is 0 Å². The fourth-order valence-electron chi connectivity index (χ4n) is 1.29. The number of benzene rings is 1. The van der Waals surface area contributed by atoms with E-state index < -0.39 is 11.4 Å². The van der Waals surface area contributed by atoms with Gasteiger partial charge >= 0.3 is 5.97 Å². The van der Waals surface area contributed by atoms with Gasteiger partial charge in [-0.1, -0.05) is 6.07 Å². The molecule has 0 unspecified atom stereocenters. The number of esters is 1. The molecule has 4 heteroatoms. The highest BCUT2D eigenvalue weighted by atomic mass is 16.5. The summed E-state index contributed by atoms with van der Waals surface area (Å²) in [5.74, 6) is -0.850. The number of ether oxygens (including phenoxy) is 1. The Hall–Kier alpha value is -1.71. The predicted octanol–water partition coefficient (Wildman–Crippen LogP) is 1.55. The van der Waals surface area contributed by atoms with E-state index >= 15 is 0 Å².